The Balaban J connectivity index is 2.53. The molecule has 0 spiro atoms. The van der Waals surface area contributed by atoms with E-state index in [1.165, 1.54) is 12.1 Å². The quantitative estimate of drug-likeness (QED) is 0.579. The molecule has 1 aromatic carbocycles. The van der Waals surface area contributed by atoms with Crippen molar-refractivity contribution in [2.45, 2.75) is 6.42 Å². The minimum Gasteiger partial charge on any atom is -0.493 e. The van der Waals surface area contributed by atoms with Crippen LogP contribution in [0.1, 0.15) is 6.42 Å². The van der Waals surface area contributed by atoms with E-state index in [0.717, 1.165) is 0 Å². The van der Waals surface area contributed by atoms with Crippen LogP contribution < -0.4 is 10.5 Å². The largest absolute Gasteiger partial charge is 0.493 e. The molecule has 0 aromatic heterocycles. The molecule has 0 bridgehead atoms. The Labute approximate surface area is 75.3 Å². The van der Waals surface area contributed by atoms with E-state index in [-0.39, 0.29) is 12.3 Å². The van der Waals surface area contributed by atoms with E-state index in [1.807, 2.05) is 0 Å². The van der Waals surface area contributed by atoms with Gasteiger partial charge in [0.2, 0.25) is 0 Å². The van der Waals surface area contributed by atoms with Gasteiger partial charge in [-0.25, -0.2) is 4.39 Å². The summed E-state index contributed by atoms with van der Waals surface area (Å²) < 4.78 is 29.5. The lowest BCUT2D eigenvalue weighted by Gasteiger charge is -2.05. The summed E-state index contributed by atoms with van der Waals surface area (Å²) in [6.07, 6.45) is 0.312. The van der Waals surface area contributed by atoms with Gasteiger partial charge in [0.05, 0.1) is 19.0 Å². The summed E-state index contributed by atoms with van der Waals surface area (Å²) in [5.74, 6) is -0.141. The van der Waals surface area contributed by atoms with Gasteiger partial charge in [-0.15, -0.1) is 0 Å². The monoisotopic (exact) mass is 187 g/mol. The maximum atomic E-state index is 12.8. The average molecular weight is 187 g/mol. The van der Waals surface area contributed by atoms with Crippen molar-refractivity contribution < 1.29 is 13.5 Å². The molecule has 0 saturated carbocycles. The van der Waals surface area contributed by atoms with Gasteiger partial charge >= 0.3 is 0 Å². The van der Waals surface area contributed by atoms with Gasteiger partial charge in [-0.3, -0.25) is 4.39 Å². The van der Waals surface area contributed by atoms with Crippen LogP contribution in [0.15, 0.2) is 18.2 Å². The Morgan fingerprint density at radius 2 is 2.15 bits per heavy atom. The SMILES string of the molecule is Nc1ccc(OCCCF)cc1F. The maximum absolute atomic E-state index is 12.8. The molecule has 0 heterocycles. The van der Waals surface area contributed by atoms with Crippen molar-refractivity contribution >= 4 is 5.69 Å². The molecule has 1 aromatic rings. The van der Waals surface area contributed by atoms with Gasteiger partial charge in [0.25, 0.3) is 0 Å². The molecule has 0 unspecified atom stereocenters. The van der Waals surface area contributed by atoms with Crippen LogP contribution >= 0.6 is 0 Å². The summed E-state index contributed by atoms with van der Waals surface area (Å²) in [5.41, 5.74) is 5.33. The van der Waals surface area contributed by atoms with Crippen molar-refractivity contribution in [3.63, 3.8) is 0 Å². The van der Waals surface area contributed by atoms with Crippen LogP contribution in [0.2, 0.25) is 0 Å². The van der Waals surface area contributed by atoms with Crippen LogP contribution in [0.3, 0.4) is 0 Å². The lowest BCUT2D eigenvalue weighted by Crippen LogP contribution is -1.99. The van der Waals surface area contributed by atoms with Crippen LogP contribution in [-0.4, -0.2) is 13.3 Å². The third-order valence-electron chi connectivity index (χ3n) is 1.52. The molecule has 72 valence electrons. The molecule has 2 nitrogen and oxygen atoms in total. The Morgan fingerprint density at radius 3 is 2.77 bits per heavy atom. The topological polar surface area (TPSA) is 35.2 Å². The predicted molar refractivity (Wildman–Crippen MR) is 46.9 cm³/mol. The van der Waals surface area contributed by atoms with Gasteiger partial charge in [-0.05, 0) is 12.1 Å². The highest BCUT2D eigenvalue weighted by Gasteiger charge is 2.00. The molecular weight excluding hydrogens is 176 g/mol. The van der Waals surface area contributed by atoms with Crippen molar-refractivity contribution in [1.82, 2.24) is 0 Å². The molecular formula is C9H11F2NO. The molecule has 0 aliphatic heterocycles. The van der Waals surface area contributed by atoms with Gasteiger partial charge in [-0.1, -0.05) is 0 Å². The Bertz CT molecular complexity index is 278. The highest BCUT2D eigenvalue weighted by molar-refractivity contribution is 5.43. The maximum Gasteiger partial charge on any atom is 0.149 e. The number of anilines is 1. The van der Waals surface area contributed by atoms with E-state index < -0.39 is 12.5 Å². The standard InChI is InChI=1S/C9H11F2NO/c10-4-1-5-13-7-2-3-9(12)8(11)6-7/h2-3,6H,1,4-5,12H2. The predicted octanol–water partition coefficient (Wildman–Crippen LogP) is 2.15. The Hall–Kier alpha value is -1.32. The Kier molecular flexibility index (Phi) is 3.49. The van der Waals surface area contributed by atoms with E-state index in [2.05, 4.69) is 0 Å². The summed E-state index contributed by atoms with van der Waals surface area (Å²) in [5, 5.41) is 0. The van der Waals surface area contributed by atoms with Crippen LogP contribution in [0.25, 0.3) is 0 Å². The van der Waals surface area contributed by atoms with Crippen LogP contribution in [0.4, 0.5) is 14.5 Å². The summed E-state index contributed by atoms with van der Waals surface area (Å²) in [6.45, 7) is -0.183. The Morgan fingerprint density at radius 1 is 1.38 bits per heavy atom. The van der Waals surface area contributed by atoms with E-state index in [0.29, 0.717) is 12.2 Å². The number of benzene rings is 1. The lowest BCUT2D eigenvalue weighted by molar-refractivity contribution is 0.288. The van der Waals surface area contributed by atoms with Gasteiger partial charge in [0.15, 0.2) is 0 Å². The zero-order valence-corrected chi connectivity index (χ0v) is 7.09. The molecule has 0 aliphatic rings. The first kappa shape index (κ1) is 9.77. The molecule has 0 atom stereocenters. The first-order valence-electron chi connectivity index (χ1n) is 3.98. The molecule has 2 N–H and O–H groups in total. The highest BCUT2D eigenvalue weighted by atomic mass is 19.1. The summed E-state index contributed by atoms with van der Waals surface area (Å²) in [7, 11) is 0. The number of nitrogen functional groups attached to an aromatic ring is 1. The van der Waals surface area contributed by atoms with Crippen molar-refractivity contribution in [3.8, 4) is 5.75 Å². The van der Waals surface area contributed by atoms with Gasteiger partial charge < -0.3 is 10.5 Å². The second kappa shape index (κ2) is 4.64. The van der Waals surface area contributed by atoms with Crippen molar-refractivity contribution in [3.05, 3.63) is 24.0 Å². The zero-order valence-electron chi connectivity index (χ0n) is 7.09. The van der Waals surface area contributed by atoms with Gasteiger partial charge in [0, 0.05) is 12.5 Å². The number of alkyl halides is 1. The van der Waals surface area contributed by atoms with Crippen LogP contribution in [0.5, 0.6) is 5.75 Å². The van der Waals surface area contributed by atoms with Gasteiger partial charge in [-0.2, -0.15) is 0 Å². The van der Waals surface area contributed by atoms with Crippen molar-refractivity contribution in [1.29, 1.82) is 0 Å². The fraction of sp³-hybridized carbons (Fsp3) is 0.333. The first-order chi connectivity index (χ1) is 6.24. The zero-order chi connectivity index (χ0) is 9.68. The fourth-order valence-corrected chi connectivity index (χ4v) is 0.842. The molecule has 0 radical (unpaired) electrons. The fourth-order valence-electron chi connectivity index (χ4n) is 0.842. The minimum absolute atomic E-state index is 0.0813. The third kappa shape index (κ3) is 2.89. The molecule has 0 fully saturated rings. The van der Waals surface area contributed by atoms with E-state index in [4.69, 9.17) is 10.5 Å². The third-order valence-corrected chi connectivity index (χ3v) is 1.52. The molecule has 0 saturated heterocycles. The van der Waals surface area contributed by atoms with Crippen LogP contribution in [-0.2, 0) is 0 Å². The number of halogens is 2. The molecule has 13 heavy (non-hydrogen) atoms. The second-order valence-corrected chi connectivity index (χ2v) is 2.57. The summed E-state index contributed by atoms with van der Waals surface area (Å²) in [6, 6.07) is 4.16. The van der Waals surface area contributed by atoms with Gasteiger partial charge in [0.1, 0.15) is 11.6 Å². The molecule has 0 amide bonds. The number of hydrogen-bond acceptors (Lipinski definition) is 2. The number of ether oxygens (including phenoxy) is 1. The smallest absolute Gasteiger partial charge is 0.149 e. The number of nitrogens with two attached hydrogens (primary N) is 1. The lowest BCUT2D eigenvalue weighted by atomic mass is 10.3. The molecule has 4 heteroatoms. The van der Waals surface area contributed by atoms with E-state index >= 15 is 0 Å². The molecule has 1 rings (SSSR count). The van der Waals surface area contributed by atoms with E-state index in [9.17, 15) is 8.78 Å². The molecule has 0 aliphatic carbocycles. The summed E-state index contributed by atoms with van der Waals surface area (Å²) in [4.78, 5) is 0. The van der Waals surface area contributed by atoms with Crippen molar-refractivity contribution in [2.24, 2.45) is 0 Å². The van der Waals surface area contributed by atoms with E-state index in [1.54, 1.807) is 6.07 Å². The number of hydrogen-bond donors (Lipinski definition) is 1. The van der Waals surface area contributed by atoms with Crippen molar-refractivity contribution in [2.75, 3.05) is 19.0 Å². The first-order valence-corrected chi connectivity index (χ1v) is 3.98. The normalized spacial score (nSPS) is 10.0. The van der Waals surface area contributed by atoms with Crippen LogP contribution in [0, 0.1) is 5.82 Å². The second-order valence-electron chi connectivity index (χ2n) is 2.57. The minimum atomic E-state index is -0.516. The average Bonchev–Trinajstić information content (AvgIpc) is 2.12. The summed E-state index contributed by atoms with van der Waals surface area (Å²) >= 11 is 0. The number of rotatable bonds is 4. The highest BCUT2D eigenvalue weighted by Crippen LogP contribution is 2.17.